The number of hydrogen-bond donors (Lipinski definition) is 1. The second kappa shape index (κ2) is 4.52. The molecule has 1 N–H and O–H groups in total. The SMILES string of the molecule is CC(C)CC(=O)N1CC2CCCNC2C1. The molecule has 2 atom stereocenters. The zero-order valence-electron chi connectivity index (χ0n) is 9.83. The Morgan fingerprint density at radius 2 is 2.27 bits per heavy atom. The number of hydrogen-bond acceptors (Lipinski definition) is 2. The van der Waals surface area contributed by atoms with Crippen LogP contribution in [0.25, 0.3) is 0 Å². The van der Waals surface area contributed by atoms with E-state index in [9.17, 15) is 4.79 Å². The molecule has 0 saturated carbocycles. The molecule has 0 aromatic rings. The van der Waals surface area contributed by atoms with E-state index in [0.717, 1.165) is 25.6 Å². The number of carbonyl (C=O) groups is 1. The van der Waals surface area contributed by atoms with Gasteiger partial charge in [-0.3, -0.25) is 4.79 Å². The first kappa shape index (κ1) is 10.9. The second-order valence-corrected chi connectivity index (χ2v) is 5.36. The standard InChI is InChI=1S/C12H22N2O/c1-9(2)6-12(15)14-7-10-4-3-5-13-11(10)8-14/h9-11,13H,3-8H2,1-2H3. The van der Waals surface area contributed by atoms with Gasteiger partial charge < -0.3 is 10.2 Å². The van der Waals surface area contributed by atoms with Gasteiger partial charge in [0.25, 0.3) is 0 Å². The zero-order chi connectivity index (χ0) is 10.8. The van der Waals surface area contributed by atoms with Crippen molar-refractivity contribution in [1.29, 1.82) is 0 Å². The average Bonchev–Trinajstić information content (AvgIpc) is 2.59. The summed E-state index contributed by atoms with van der Waals surface area (Å²) in [4.78, 5) is 14.0. The van der Waals surface area contributed by atoms with E-state index in [1.165, 1.54) is 12.8 Å². The van der Waals surface area contributed by atoms with Crippen LogP contribution in [-0.2, 0) is 4.79 Å². The van der Waals surface area contributed by atoms with E-state index in [4.69, 9.17) is 0 Å². The number of carbonyl (C=O) groups excluding carboxylic acids is 1. The largest absolute Gasteiger partial charge is 0.341 e. The van der Waals surface area contributed by atoms with Crippen LogP contribution in [0.15, 0.2) is 0 Å². The molecule has 0 aliphatic carbocycles. The summed E-state index contributed by atoms with van der Waals surface area (Å²) in [6.45, 7) is 7.28. The Hall–Kier alpha value is -0.570. The summed E-state index contributed by atoms with van der Waals surface area (Å²) in [5.74, 6) is 1.55. The maximum Gasteiger partial charge on any atom is 0.222 e. The van der Waals surface area contributed by atoms with Crippen molar-refractivity contribution >= 4 is 5.91 Å². The molecule has 0 spiro atoms. The van der Waals surface area contributed by atoms with Crippen LogP contribution in [-0.4, -0.2) is 36.5 Å². The zero-order valence-corrected chi connectivity index (χ0v) is 9.83. The maximum atomic E-state index is 11.9. The Morgan fingerprint density at radius 3 is 2.93 bits per heavy atom. The smallest absolute Gasteiger partial charge is 0.222 e. The highest BCUT2D eigenvalue weighted by atomic mass is 16.2. The van der Waals surface area contributed by atoms with E-state index in [0.29, 0.717) is 24.3 Å². The number of nitrogens with one attached hydrogen (secondary N) is 1. The highest BCUT2D eigenvalue weighted by Crippen LogP contribution is 2.25. The summed E-state index contributed by atoms with van der Waals surface area (Å²) in [7, 11) is 0. The van der Waals surface area contributed by atoms with Gasteiger partial charge in [-0.2, -0.15) is 0 Å². The van der Waals surface area contributed by atoms with Gasteiger partial charge in [0.1, 0.15) is 0 Å². The minimum atomic E-state index is 0.348. The van der Waals surface area contributed by atoms with Crippen LogP contribution in [0.2, 0.25) is 0 Å². The molecule has 0 aromatic carbocycles. The van der Waals surface area contributed by atoms with Gasteiger partial charge in [0.15, 0.2) is 0 Å². The van der Waals surface area contributed by atoms with Gasteiger partial charge in [0.05, 0.1) is 0 Å². The molecule has 0 aromatic heterocycles. The first-order valence-electron chi connectivity index (χ1n) is 6.18. The molecule has 3 heteroatoms. The van der Waals surface area contributed by atoms with Crippen molar-refractivity contribution in [3.63, 3.8) is 0 Å². The number of amides is 1. The lowest BCUT2D eigenvalue weighted by molar-refractivity contribution is -0.131. The lowest BCUT2D eigenvalue weighted by atomic mass is 9.94. The highest BCUT2D eigenvalue weighted by Gasteiger charge is 2.36. The number of nitrogens with zero attached hydrogens (tertiary/aromatic N) is 1. The van der Waals surface area contributed by atoms with Gasteiger partial charge in [-0.15, -0.1) is 0 Å². The molecule has 2 fully saturated rings. The monoisotopic (exact) mass is 210 g/mol. The van der Waals surface area contributed by atoms with E-state index in [1.807, 2.05) is 0 Å². The number of fused-ring (bicyclic) bond motifs is 1. The fourth-order valence-electron chi connectivity index (χ4n) is 2.73. The molecule has 0 bridgehead atoms. The van der Waals surface area contributed by atoms with Crippen LogP contribution >= 0.6 is 0 Å². The molecular weight excluding hydrogens is 188 g/mol. The molecule has 2 aliphatic heterocycles. The van der Waals surface area contributed by atoms with Gasteiger partial charge in [0.2, 0.25) is 5.91 Å². The molecule has 3 nitrogen and oxygen atoms in total. The highest BCUT2D eigenvalue weighted by molar-refractivity contribution is 5.76. The Labute approximate surface area is 92.2 Å². The summed E-state index contributed by atoms with van der Waals surface area (Å²) < 4.78 is 0. The van der Waals surface area contributed by atoms with Crippen molar-refractivity contribution in [3.05, 3.63) is 0 Å². The van der Waals surface area contributed by atoms with Crippen LogP contribution in [0, 0.1) is 11.8 Å². The van der Waals surface area contributed by atoms with Gasteiger partial charge in [-0.25, -0.2) is 0 Å². The summed E-state index contributed by atoms with van der Waals surface area (Å²) in [5, 5.41) is 3.53. The molecule has 86 valence electrons. The molecule has 0 radical (unpaired) electrons. The minimum Gasteiger partial charge on any atom is -0.341 e. The van der Waals surface area contributed by atoms with Crippen molar-refractivity contribution in [2.45, 2.75) is 39.2 Å². The summed E-state index contributed by atoms with van der Waals surface area (Å²) in [6, 6.07) is 0.579. The summed E-state index contributed by atoms with van der Waals surface area (Å²) in [6.07, 6.45) is 3.27. The molecule has 2 heterocycles. The Morgan fingerprint density at radius 1 is 1.47 bits per heavy atom. The topological polar surface area (TPSA) is 32.3 Å². The first-order valence-corrected chi connectivity index (χ1v) is 6.18. The Bertz CT molecular complexity index is 226. The average molecular weight is 210 g/mol. The third kappa shape index (κ3) is 2.51. The quantitative estimate of drug-likeness (QED) is 0.744. The Kier molecular flexibility index (Phi) is 3.29. The van der Waals surface area contributed by atoms with Crippen LogP contribution in [0.4, 0.5) is 0 Å². The third-order valence-corrected chi connectivity index (χ3v) is 3.53. The maximum absolute atomic E-state index is 11.9. The van der Waals surface area contributed by atoms with Crippen molar-refractivity contribution in [2.75, 3.05) is 19.6 Å². The molecular formula is C12H22N2O. The van der Waals surface area contributed by atoms with Gasteiger partial charge in [0, 0.05) is 25.6 Å². The van der Waals surface area contributed by atoms with Crippen molar-refractivity contribution < 1.29 is 4.79 Å². The third-order valence-electron chi connectivity index (χ3n) is 3.53. The molecule has 2 unspecified atom stereocenters. The molecule has 2 rings (SSSR count). The summed E-state index contributed by atoms with van der Waals surface area (Å²) in [5.41, 5.74) is 0. The second-order valence-electron chi connectivity index (χ2n) is 5.36. The van der Waals surface area contributed by atoms with Crippen LogP contribution in [0.1, 0.15) is 33.1 Å². The van der Waals surface area contributed by atoms with E-state index < -0.39 is 0 Å². The minimum absolute atomic E-state index is 0.348. The van der Waals surface area contributed by atoms with Crippen molar-refractivity contribution in [3.8, 4) is 0 Å². The number of piperidine rings is 1. The molecule has 2 aliphatic rings. The van der Waals surface area contributed by atoms with E-state index in [-0.39, 0.29) is 0 Å². The van der Waals surface area contributed by atoms with E-state index in [2.05, 4.69) is 24.1 Å². The number of likely N-dealkylation sites (tertiary alicyclic amines) is 1. The van der Waals surface area contributed by atoms with E-state index >= 15 is 0 Å². The lowest BCUT2D eigenvalue weighted by Gasteiger charge is -2.24. The predicted molar refractivity (Wildman–Crippen MR) is 60.5 cm³/mol. The van der Waals surface area contributed by atoms with Crippen molar-refractivity contribution in [1.82, 2.24) is 10.2 Å². The van der Waals surface area contributed by atoms with Crippen LogP contribution in [0.5, 0.6) is 0 Å². The predicted octanol–water partition coefficient (Wildman–Crippen LogP) is 1.24. The van der Waals surface area contributed by atoms with Crippen LogP contribution < -0.4 is 5.32 Å². The van der Waals surface area contributed by atoms with E-state index in [1.54, 1.807) is 0 Å². The van der Waals surface area contributed by atoms with Gasteiger partial charge in [-0.05, 0) is 31.2 Å². The number of rotatable bonds is 2. The fourth-order valence-corrected chi connectivity index (χ4v) is 2.73. The molecule has 1 amide bonds. The molecule has 15 heavy (non-hydrogen) atoms. The fraction of sp³-hybridized carbons (Fsp3) is 0.917. The van der Waals surface area contributed by atoms with Crippen molar-refractivity contribution in [2.24, 2.45) is 11.8 Å². The first-order chi connectivity index (χ1) is 7.16. The normalized spacial score (nSPS) is 30.7. The van der Waals surface area contributed by atoms with Crippen LogP contribution in [0.3, 0.4) is 0 Å². The van der Waals surface area contributed by atoms with Gasteiger partial charge >= 0.3 is 0 Å². The lowest BCUT2D eigenvalue weighted by Crippen LogP contribution is -2.41. The van der Waals surface area contributed by atoms with Gasteiger partial charge in [-0.1, -0.05) is 13.8 Å². The summed E-state index contributed by atoms with van der Waals surface area (Å²) >= 11 is 0. The Balaban J connectivity index is 1.88. The molecule has 2 saturated heterocycles.